The summed E-state index contributed by atoms with van der Waals surface area (Å²) in [5.41, 5.74) is 1.22. The first-order chi connectivity index (χ1) is 12.5. The predicted molar refractivity (Wildman–Crippen MR) is 98.0 cm³/mol. The van der Waals surface area contributed by atoms with Crippen LogP contribution < -0.4 is 9.64 Å². The third-order valence-electron chi connectivity index (χ3n) is 3.83. The fourth-order valence-electron chi connectivity index (χ4n) is 2.51. The minimum Gasteiger partial charge on any atom is -0.497 e. The highest BCUT2D eigenvalue weighted by Gasteiger charge is 2.17. The Labute approximate surface area is 156 Å². The summed E-state index contributed by atoms with van der Waals surface area (Å²) in [5.74, 6) is 0.358. The van der Waals surface area contributed by atoms with E-state index in [1.54, 1.807) is 7.11 Å². The van der Waals surface area contributed by atoms with E-state index >= 15 is 0 Å². The summed E-state index contributed by atoms with van der Waals surface area (Å²) in [5, 5.41) is 8.88. The number of halogens is 1. The molecule has 0 aliphatic rings. The Bertz CT molecular complexity index is 753. The molecule has 0 atom stereocenters. The number of carboxylic acid groups (broad SMARTS) is 1. The van der Waals surface area contributed by atoms with Gasteiger partial charge >= 0.3 is 5.97 Å². The molecule has 2 rings (SSSR count). The Balaban J connectivity index is 2.21. The number of carboxylic acids is 1. The molecule has 0 saturated carbocycles. The topological polar surface area (TPSA) is 92.6 Å². The van der Waals surface area contributed by atoms with Crippen LogP contribution in [0.15, 0.2) is 30.6 Å². The molecule has 0 amide bonds. The highest BCUT2D eigenvalue weighted by Crippen LogP contribution is 2.24. The number of aliphatic carboxylic acids is 1. The van der Waals surface area contributed by atoms with Gasteiger partial charge in [-0.15, -0.1) is 0 Å². The summed E-state index contributed by atoms with van der Waals surface area (Å²) in [6, 6.07) is 7.55. The van der Waals surface area contributed by atoms with Gasteiger partial charge in [-0.2, -0.15) is 0 Å². The van der Waals surface area contributed by atoms with Gasteiger partial charge in [0, 0.05) is 19.5 Å². The summed E-state index contributed by atoms with van der Waals surface area (Å²) in [7, 11) is 1.60. The third kappa shape index (κ3) is 5.42. The zero-order valence-corrected chi connectivity index (χ0v) is 15.1. The molecule has 0 aliphatic carbocycles. The number of nitrogens with zero attached hydrogens (tertiary/aromatic N) is 3. The number of unbranched alkanes of at least 4 members (excludes halogenated alkanes) is 1. The van der Waals surface area contributed by atoms with E-state index in [4.69, 9.17) is 21.4 Å². The van der Waals surface area contributed by atoms with Gasteiger partial charge in [-0.25, -0.2) is 9.97 Å². The molecule has 138 valence electrons. The summed E-state index contributed by atoms with van der Waals surface area (Å²) < 4.78 is 5.16. The van der Waals surface area contributed by atoms with Gasteiger partial charge in [-0.1, -0.05) is 23.7 Å². The summed E-state index contributed by atoms with van der Waals surface area (Å²) in [6.45, 7) is 1.03. The third-order valence-corrected chi connectivity index (χ3v) is 4.13. The van der Waals surface area contributed by atoms with Crippen molar-refractivity contribution in [2.75, 3.05) is 18.6 Å². The minimum absolute atomic E-state index is 0.0928. The molecule has 0 bridgehead atoms. The normalized spacial score (nSPS) is 10.4. The van der Waals surface area contributed by atoms with Gasteiger partial charge in [-0.3, -0.25) is 9.59 Å². The van der Waals surface area contributed by atoms with E-state index in [1.807, 2.05) is 29.2 Å². The van der Waals surface area contributed by atoms with Crippen molar-refractivity contribution in [3.8, 4) is 5.75 Å². The second-order valence-corrected chi connectivity index (χ2v) is 6.00. The molecule has 26 heavy (non-hydrogen) atoms. The van der Waals surface area contributed by atoms with Crippen LogP contribution in [0.2, 0.25) is 5.15 Å². The molecule has 2 aromatic rings. The Hall–Kier alpha value is -2.67. The highest BCUT2D eigenvalue weighted by molar-refractivity contribution is 6.32. The van der Waals surface area contributed by atoms with Crippen molar-refractivity contribution in [2.24, 2.45) is 0 Å². The van der Waals surface area contributed by atoms with Gasteiger partial charge in [0.15, 0.2) is 6.29 Å². The molecular weight excluding hydrogens is 358 g/mol. The van der Waals surface area contributed by atoms with Gasteiger partial charge < -0.3 is 14.7 Å². The lowest BCUT2D eigenvalue weighted by atomic mass is 10.1. The molecule has 0 fully saturated rings. The van der Waals surface area contributed by atoms with Crippen LogP contribution in [-0.2, 0) is 11.3 Å². The largest absolute Gasteiger partial charge is 0.497 e. The van der Waals surface area contributed by atoms with Crippen molar-refractivity contribution in [1.82, 2.24) is 9.97 Å². The molecule has 0 unspecified atom stereocenters. The van der Waals surface area contributed by atoms with Crippen molar-refractivity contribution in [3.05, 3.63) is 46.9 Å². The van der Waals surface area contributed by atoms with Gasteiger partial charge in [0.25, 0.3) is 0 Å². The number of carbonyl (C=O) groups is 2. The van der Waals surface area contributed by atoms with Crippen molar-refractivity contribution >= 4 is 29.7 Å². The van der Waals surface area contributed by atoms with Crippen molar-refractivity contribution in [3.63, 3.8) is 0 Å². The molecule has 1 N–H and O–H groups in total. The van der Waals surface area contributed by atoms with E-state index < -0.39 is 5.97 Å². The summed E-state index contributed by atoms with van der Waals surface area (Å²) in [6.07, 6.45) is 3.21. The van der Waals surface area contributed by atoms with Crippen LogP contribution in [0, 0.1) is 0 Å². The molecule has 8 heteroatoms. The number of hydrogen-bond donors (Lipinski definition) is 1. The SMILES string of the molecule is COc1ccc(CN(CCCCC(=O)O)c2ncnc(Cl)c2C=O)cc1. The van der Waals surface area contributed by atoms with Crippen LogP contribution in [0.25, 0.3) is 0 Å². The second kappa shape index (κ2) is 9.72. The van der Waals surface area contributed by atoms with Crippen molar-refractivity contribution in [2.45, 2.75) is 25.8 Å². The average Bonchev–Trinajstić information content (AvgIpc) is 2.64. The molecular formula is C18H20ClN3O4. The first kappa shape index (κ1) is 19.7. The van der Waals surface area contributed by atoms with Crippen LogP contribution in [0.5, 0.6) is 5.75 Å². The maximum absolute atomic E-state index is 11.4. The maximum atomic E-state index is 11.4. The van der Waals surface area contributed by atoms with Crippen LogP contribution in [-0.4, -0.2) is 41.0 Å². The number of aromatic nitrogens is 2. The van der Waals surface area contributed by atoms with Crippen LogP contribution in [0.1, 0.15) is 35.2 Å². The fourth-order valence-corrected chi connectivity index (χ4v) is 2.68. The average molecular weight is 378 g/mol. The maximum Gasteiger partial charge on any atom is 0.303 e. The fraction of sp³-hybridized carbons (Fsp3) is 0.333. The zero-order valence-electron chi connectivity index (χ0n) is 14.4. The number of anilines is 1. The molecule has 0 aliphatic heterocycles. The van der Waals surface area contributed by atoms with Crippen molar-refractivity contribution < 1.29 is 19.4 Å². The molecule has 7 nitrogen and oxygen atoms in total. The number of benzene rings is 1. The Kier molecular flexibility index (Phi) is 7.35. The van der Waals surface area contributed by atoms with Gasteiger partial charge in [0.05, 0.1) is 12.7 Å². The summed E-state index contributed by atoms with van der Waals surface area (Å²) in [4.78, 5) is 32.1. The number of rotatable bonds is 10. The molecule has 1 heterocycles. The molecule has 0 saturated heterocycles. The van der Waals surface area contributed by atoms with E-state index in [0.717, 1.165) is 11.3 Å². The van der Waals surface area contributed by atoms with Gasteiger partial charge in [-0.05, 0) is 30.5 Å². The molecule has 1 aromatic carbocycles. The van der Waals surface area contributed by atoms with E-state index in [1.165, 1.54) is 6.33 Å². The smallest absolute Gasteiger partial charge is 0.303 e. The van der Waals surface area contributed by atoms with Gasteiger partial charge in [0.2, 0.25) is 0 Å². The first-order valence-electron chi connectivity index (χ1n) is 8.10. The molecule has 1 aromatic heterocycles. The lowest BCUT2D eigenvalue weighted by Crippen LogP contribution is -2.26. The Morgan fingerprint density at radius 2 is 2.00 bits per heavy atom. The zero-order chi connectivity index (χ0) is 18.9. The highest BCUT2D eigenvalue weighted by atomic mass is 35.5. The number of methoxy groups -OCH3 is 1. The van der Waals surface area contributed by atoms with Gasteiger partial charge in [0.1, 0.15) is 23.0 Å². The first-order valence-corrected chi connectivity index (χ1v) is 8.48. The molecule has 0 spiro atoms. The van der Waals surface area contributed by atoms with Crippen molar-refractivity contribution in [1.29, 1.82) is 0 Å². The summed E-state index contributed by atoms with van der Waals surface area (Å²) >= 11 is 6.02. The standard InChI is InChI=1S/C18H20ClN3O4/c1-26-14-7-5-13(6-8-14)10-22(9-3-2-4-16(24)25)18-15(11-23)17(19)20-12-21-18/h5-8,11-12H,2-4,9-10H2,1H3,(H,24,25). The van der Waals surface area contributed by atoms with Crippen LogP contribution in [0.3, 0.4) is 0 Å². The van der Waals surface area contributed by atoms with E-state index in [0.29, 0.717) is 38.0 Å². The number of carbonyl (C=O) groups excluding carboxylic acids is 1. The quantitative estimate of drug-likeness (QED) is 0.386. The van der Waals surface area contributed by atoms with Crippen LogP contribution in [0.4, 0.5) is 5.82 Å². The van der Waals surface area contributed by atoms with E-state index in [-0.39, 0.29) is 17.1 Å². The lowest BCUT2D eigenvalue weighted by Gasteiger charge is -2.25. The number of hydrogen-bond acceptors (Lipinski definition) is 6. The number of ether oxygens (including phenoxy) is 1. The van der Waals surface area contributed by atoms with E-state index in [9.17, 15) is 9.59 Å². The number of aldehydes is 1. The van der Waals surface area contributed by atoms with Crippen LogP contribution >= 0.6 is 11.6 Å². The Morgan fingerprint density at radius 1 is 1.27 bits per heavy atom. The monoisotopic (exact) mass is 377 g/mol. The van der Waals surface area contributed by atoms with E-state index in [2.05, 4.69) is 9.97 Å². The second-order valence-electron chi connectivity index (χ2n) is 5.64. The predicted octanol–water partition coefficient (Wildman–Crippen LogP) is 3.21. The minimum atomic E-state index is -0.828. The molecule has 0 radical (unpaired) electrons. The lowest BCUT2D eigenvalue weighted by molar-refractivity contribution is -0.137. The Morgan fingerprint density at radius 3 is 2.62 bits per heavy atom.